The molecule has 96 valence electrons. The van der Waals surface area contributed by atoms with Crippen LogP contribution in [-0.4, -0.2) is 23.1 Å². The first-order valence-electron chi connectivity index (χ1n) is 6.38. The predicted molar refractivity (Wildman–Crippen MR) is 78.3 cm³/mol. The Bertz CT molecular complexity index is 187. The molecule has 1 N–H and O–H groups in total. The first kappa shape index (κ1) is 16.1. The highest BCUT2D eigenvalue weighted by molar-refractivity contribution is 8.00. The van der Waals surface area contributed by atoms with Gasteiger partial charge in [0.15, 0.2) is 0 Å². The second-order valence-electron chi connectivity index (χ2n) is 5.52. The van der Waals surface area contributed by atoms with Crippen LogP contribution in [-0.2, 0) is 0 Å². The standard InChI is InChI=1S/C14H29NS/c1-7-9-16-13(8-2)10-14(5,6)15-11-12(3)4/h7,12-13,15H,1,8-11H2,2-6H3. The highest BCUT2D eigenvalue weighted by Crippen LogP contribution is 2.24. The lowest BCUT2D eigenvalue weighted by molar-refractivity contribution is 0.337. The molecule has 0 aromatic heterocycles. The molecular weight excluding hydrogens is 214 g/mol. The maximum absolute atomic E-state index is 3.79. The summed E-state index contributed by atoms with van der Waals surface area (Å²) in [7, 11) is 0. The van der Waals surface area contributed by atoms with E-state index in [0.29, 0.717) is 0 Å². The van der Waals surface area contributed by atoms with Crippen molar-refractivity contribution in [2.24, 2.45) is 5.92 Å². The fourth-order valence-electron chi connectivity index (χ4n) is 1.65. The van der Waals surface area contributed by atoms with Gasteiger partial charge in [-0.3, -0.25) is 0 Å². The molecule has 0 saturated heterocycles. The Kier molecular flexibility index (Phi) is 8.21. The molecule has 0 amide bonds. The molecule has 1 unspecified atom stereocenters. The van der Waals surface area contributed by atoms with Gasteiger partial charge in [0.2, 0.25) is 0 Å². The summed E-state index contributed by atoms with van der Waals surface area (Å²) in [5, 5.41) is 4.40. The van der Waals surface area contributed by atoms with Crippen molar-refractivity contribution in [1.82, 2.24) is 5.32 Å². The molecule has 0 aromatic carbocycles. The summed E-state index contributed by atoms with van der Waals surface area (Å²) in [6.07, 6.45) is 4.47. The summed E-state index contributed by atoms with van der Waals surface area (Å²) in [5.41, 5.74) is 0.249. The third-order valence-electron chi connectivity index (χ3n) is 2.63. The van der Waals surface area contributed by atoms with Crippen molar-refractivity contribution in [3.05, 3.63) is 12.7 Å². The fraction of sp³-hybridized carbons (Fsp3) is 0.857. The van der Waals surface area contributed by atoms with Crippen LogP contribution < -0.4 is 5.32 Å². The Labute approximate surface area is 106 Å². The van der Waals surface area contributed by atoms with Crippen LogP contribution in [0.1, 0.15) is 47.5 Å². The van der Waals surface area contributed by atoms with Gasteiger partial charge >= 0.3 is 0 Å². The molecule has 0 aromatic rings. The van der Waals surface area contributed by atoms with Crippen LogP contribution in [0.5, 0.6) is 0 Å². The zero-order valence-electron chi connectivity index (χ0n) is 11.7. The summed E-state index contributed by atoms with van der Waals surface area (Å²) in [6.45, 7) is 16.3. The van der Waals surface area contributed by atoms with Gasteiger partial charge in [0.1, 0.15) is 0 Å². The SMILES string of the molecule is C=CCSC(CC)CC(C)(C)NCC(C)C. The molecule has 0 bridgehead atoms. The van der Waals surface area contributed by atoms with Crippen molar-refractivity contribution >= 4 is 11.8 Å². The van der Waals surface area contributed by atoms with Crippen LogP contribution >= 0.6 is 11.8 Å². The molecule has 2 heteroatoms. The predicted octanol–water partition coefficient (Wildman–Crippen LogP) is 4.10. The van der Waals surface area contributed by atoms with Gasteiger partial charge in [-0.05, 0) is 39.2 Å². The van der Waals surface area contributed by atoms with Crippen LogP contribution in [0.2, 0.25) is 0 Å². The molecule has 0 aliphatic heterocycles. The Balaban J connectivity index is 4.03. The van der Waals surface area contributed by atoms with Gasteiger partial charge in [-0.25, -0.2) is 0 Å². The first-order valence-corrected chi connectivity index (χ1v) is 7.43. The molecule has 0 fully saturated rings. The van der Waals surface area contributed by atoms with Crippen LogP contribution in [0.15, 0.2) is 12.7 Å². The largest absolute Gasteiger partial charge is 0.311 e. The van der Waals surface area contributed by atoms with Gasteiger partial charge in [-0.15, -0.1) is 6.58 Å². The summed E-state index contributed by atoms with van der Waals surface area (Å²) >= 11 is 2.02. The van der Waals surface area contributed by atoms with Crippen molar-refractivity contribution < 1.29 is 0 Å². The van der Waals surface area contributed by atoms with Crippen LogP contribution in [0.3, 0.4) is 0 Å². The monoisotopic (exact) mass is 243 g/mol. The Morgan fingerprint density at radius 1 is 1.38 bits per heavy atom. The minimum absolute atomic E-state index is 0.249. The van der Waals surface area contributed by atoms with Gasteiger partial charge in [0, 0.05) is 16.5 Å². The lowest BCUT2D eigenvalue weighted by Gasteiger charge is -2.31. The van der Waals surface area contributed by atoms with E-state index in [1.165, 1.54) is 12.8 Å². The average molecular weight is 243 g/mol. The Morgan fingerprint density at radius 2 is 2.00 bits per heavy atom. The van der Waals surface area contributed by atoms with E-state index in [1.54, 1.807) is 0 Å². The molecule has 0 spiro atoms. The van der Waals surface area contributed by atoms with Gasteiger partial charge < -0.3 is 5.32 Å². The van der Waals surface area contributed by atoms with E-state index in [2.05, 4.69) is 46.5 Å². The van der Waals surface area contributed by atoms with Gasteiger partial charge in [-0.2, -0.15) is 11.8 Å². The number of nitrogens with one attached hydrogen (secondary N) is 1. The summed E-state index contributed by atoms with van der Waals surface area (Å²) in [4.78, 5) is 0. The van der Waals surface area contributed by atoms with Crippen molar-refractivity contribution in [3.63, 3.8) is 0 Å². The van der Waals surface area contributed by atoms with Crippen LogP contribution in [0.25, 0.3) is 0 Å². The molecule has 1 nitrogen and oxygen atoms in total. The topological polar surface area (TPSA) is 12.0 Å². The fourth-order valence-corrected chi connectivity index (χ4v) is 2.83. The van der Waals surface area contributed by atoms with Crippen molar-refractivity contribution in [3.8, 4) is 0 Å². The second-order valence-corrected chi connectivity index (χ2v) is 6.85. The zero-order valence-corrected chi connectivity index (χ0v) is 12.5. The van der Waals surface area contributed by atoms with Crippen molar-refractivity contribution in [1.29, 1.82) is 0 Å². The minimum Gasteiger partial charge on any atom is -0.311 e. The lowest BCUT2D eigenvalue weighted by atomic mass is 9.96. The molecule has 0 rings (SSSR count). The molecule has 0 aliphatic carbocycles. The zero-order chi connectivity index (χ0) is 12.6. The van der Waals surface area contributed by atoms with Crippen molar-refractivity contribution in [2.75, 3.05) is 12.3 Å². The summed E-state index contributed by atoms with van der Waals surface area (Å²) in [5.74, 6) is 1.79. The second kappa shape index (κ2) is 8.19. The molecule has 0 radical (unpaired) electrons. The maximum Gasteiger partial charge on any atom is 0.0135 e. The number of hydrogen-bond donors (Lipinski definition) is 1. The van der Waals surface area contributed by atoms with Crippen LogP contribution in [0.4, 0.5) is 0 Å². The molecule has 0 aliphatic rings. The molecule has 16 heavy (non-hydrogen) atoms. The minimum atomic E-state index is 0.249. The third kappa shape index (κ3) is 8.23. The molecule has 0 saturated carbocycles. The Hall–Kier alpha value is 0.0500. The number of rotatable bonds is 9. The third-order valence-corrected chi connectivity index (χ3v) is 4.03. The summed E-state index contributed by atoms with van der Waals surface area (Å²) < 4.78 is 0. The maximum atomic E-state index is 3.79. The van der Waals surface area contributed by atoms with E-state index < -0.39 is 0 Å². The quantitative estimate of drug-likeness (QED) is 0.612. The first-order chi connectivity index (χ1) is 7.41. The van der Waals surface area contributed by atoms with E-state index in [9.17, 15) is 0 Å². The average Bonchev–Trinajstić information content (AvgIpc) is 2.21. The van der Waals surface area contributed by atoms with Gasteiger partial charge in [0.25, 0.3) is 0 Å². The van der Waals surface area contributed by atoms with E-state index in [4.69, 9.17) is 0 Å². The normalized spacial score (nSPS) is 14.1. The highest BCUT2D eigenvalue weighted by Gasteiger charge is 2.22. The number of thioether (sulfide) groups is 1. The van der Waals surface area contributed by atoms with E-state index >= 15 is 0 Å². The van der Waals surface area contributed by atoms with Crippen LogP contribution in [0, 0.1) is 5.92 Å². The molecule has 0 heterocycles. The smallest absolute Gasteiger partial charge is 0.0135 e. The van der Waals surface area contributed by atoms with Gasteiger partial charge in [0.05, 0.1) is 0 Å². The highest BCUT2D eigenvalue weighted by atomic mass is 32.2. The van der Waals surface area contributed by atoms with Crippen molar-refractivity contribution in [2.45, 2.75) is 58.2 Å². The summed E-state index contributed by atoms with van der Waals surface area (Å²) in [6, 6.07) is 0. The van der Waals surface area contributed by atoms with E-state index in [-0.39, 0.29) is 5.54 Å². The van der Waals surface area contributed by atoms with E-state index in [0.717, 1.165) is 23.5 Å². The lowest BCUT2D eigenvalue weighted by Crippen LogP contribution is -2.43. The van der Waals surface area contributed by atoms with E-state index in [1.807, 2.05) is 17.8 Å². The Morgan fingerprint density at radius 3 is 2.44 bits per heavy atom. The van der Waals surface area contributed by atoms with Gasteiger partial charge in [-0.1, -0.05) is 26.8 Å². The molecular formula is C14H29NS. The number of hydrogen-bond acceptors (Lipinski definition) is 2. The molecule has 1 atom stereocenters.